The lowest BCUT2D eigenvalue weighted by Crippen LogP contribution is -2.29. The Labute approximate surface area is 268 Å². The summed E-state index contributed by atoms with van der Waals surface area (Å²) in [4.78, 5) is 17.0. The van der Waals surface area contributed by atoms with Gasteiger partial charge in [0.25, 0.3) is 0 Å². The van der Waals surface area contributed by atoms with E-state index in [1.807, 2.05) is 72.8 Å². The van der Waals surface area contributed by atoms with E-state index < -0.39 is 0 Å². The number of likely N-dealkylation sites (tertiary alicyclic amines) is 1. The van der Waals surface area contributed by atoms with Crippen LogP contribution in [0.5, 0.6) is 23.0 Å². The minimum Gasteiger partial charge on any atom is -0.492 e. The zero-order valence-corrected chi connectivity index (χ0v) is 26.6. The van der Waals surface area contributed by atoms with Crippen LogP contribution >= 0.6 is 11.3 Å². The van der Waals surface area contributed by atoms with Gasteiger partial charge in [0.05, 0.1) is 0 Å². The van der Waals surface area contributed by atoms with E-state index in [0.29, 0.717) is 52.0 Å². The van der Waals surface area contributed by atoms with Crippen molar-refractivity contribution in [2.45, 2.75) is 46.1 Å². The van der Waals surface area contributed by atoms with Crippen molar-refractivity contribution in [3.05, 3.63) is 118 Å². The number of hydrogen-bond donors (Lipinski definition) is 0. The number of halogens is 1. The van der Waals surface area contributed by atoms with Gasteiger partial charge in [0, 0.05) is 22.2 Å². The molecule has 2 heterocycles. The van der Waals surface area contributed by atoms with Gasteiger partial charge in [0.1, 0.15) is 41.2 Å². The minimum atomic E-state index is -0.358. The van der Waals surface area contributed by atoms with Crippen molar-refractivity contribution in [2.75, 3.05) is 26.2 Å². The van der Waals surface area contributed by atoms with Crippen LogP contribution in [-0.4, -0.2) is 36.9 Å². The van der Waals surface area contributed by atoms with E-state index in [1.165, 1.54) is 49.2 Å². The molecule has 45 heavy (non-hydrogen) atoms. The summed E-state index contributed by atoms with van der Waals surface area (Å²) in [5.41, 5.74) is 2.74. The number of aryl methyl sites for hydroxylation is 2. The average Bonchev–Trinajstić information content (AvgIpc) is 3.18. The van der Waals surface area contributed by atoms with E-state index >= 15 is 0 Å². The Morgan fingerprint density at radius 2 is 1.47 bits per heavy atom. The molecule has 0 atom stereocenters. The summed E-state index contributed by atoms with van der Waals surface area (Å²) in [6.07, 6.45) is 5.15. The first-order valence-electron chi connectivity index (χ1n) is 15.6. The molecule has 5 aromatic rings. The Bertz CT molecular complexity index is 1740. The zero-order chi connectivity index (χ0) is 31.2. The predicted molar refractivity (Wildman–Crippen MR) is 179 cm³/mol. The standard InChI is InChI=1S/C38H38FNO4S/c1-26-22-29(39)23-27(2)35(26)36(41)38-37(33-17-16-32(24-34(33)45-38)43-25-28-10-6-5-7-11-28)44-31-14-12-30(13-15-31)42-21-20-40-18-8-3-4-9-19-40/h5-7,10-17,22-24H,3-4,8-9,18-21,25H2,1-2H3. The maximum absolute atomic E-state index is 14.1. The van der Waals surface area contributed by atoms with Gasteiger partial charge in [-0.3, -0.25) is 9.69 Å². The van der Waals surface area contributed by atoms with Crippen LogP contribution in [0.2, 0.25) is 0 Å². The van der Waals surface area contributed by atoms with Crippen molar-refractivity contribution in [3.63, 3.8) is 0 Å². The average molecular weight is 624 g/mol. The van der Waals surface area contributed by atoms with Gasteiger partial charge in [-0.05, 0) is 111 Å². The zero-order valence-electron chi connectivity index (χ0n) is 25.8. The topological polar surface area (TPSA) is 48.0 Å². The van der Waals surface area contributed by atoms with Gasteiger partial charge in [0.2, 0.25) is 5.78 Å². The van der Waals surface area contributed by atoms with Crippen LogP contribution in [0.4, 0.5) is 4.39 Å². The van der Waals surface area contributed by atoms with Crippen molar-refractivity contribution >= 4 is 27.2 Å². The first kappa shape index (κ1) is 30.8. The second-order valence-electron chi connectivity index (χ2n) is 11.6. The molecule has 0 aliphatic carbocycles. The van der Waals surface area contributed by atoms with Gasteiger partial charge in [-0.2, -0.15) is 0 Å². The monoisotopic (exact) mass is 623 g/mol. The van der Waals surface area contributed by atoms with E-state index in [9.17, 15) is 9.18 Å². The van der Waals surface area contributed by atoms with Crippen molar-refractivity contribution in [3.8, 4) is 23.0 Å². The second-order valence-corrected chi connectivity index (χ2v) is 12.7. The molecule has 5 nitrogen and oxygen atoms in total. The number of benzene rings is 4. The number of ether oxygens (including phenoxy) is 3. The number of thiophene rings is 1. The number of hydrogen-bond acceptors (Lipinski definition) is 6. The molecule has 0 spiro atoms. The fourth-order valence-electron chi connectivity index (χ4n) is 5.89. The van der Waals surface area contributed by atoms with Crippen LogP contribution < -0.4 is 14.2 Å². The third-order valence-electron chi connectivity index (χ3n) is 8.21. The molecule has 0 unspecified atom stereocenters. The molecule has 0 N–H and O–H groups in total. The number of carbonyl (C=O) groups excluding carboxylic acids is 1. The maximum Gasteiger partial charge on any atom is 0.207 e. The summed E-state index contributed by atoms with van der Waals surface area (Å²) in [6, 6.07) is 26.1. The molecule has 1 fully saturated rings. The van der Waals surface area contributed by atoms with Crippen molar-refractivity contribution in [1.82, 2.24) is 4.90 Å². The Morgan fingerprint density at radius 3 is 2.18 bits per heavy atom. The fourth-order valence-corrected chi connectivity index (χ4v) is 7.00. The number of carbonyl (C=O) groups is 1. The Hall–Kier alpha value is -4.20. The molecular formula is C38H38FNO4S. The number of nitrogens with zero attached hydrogens (tertiary/aromatic N) is 1. The van der Waals surface area contributed by atoms with Crippen LogP contribution in [0.1, 0.15) is 57.6 Å². The fraction of sp³-hybridized carbons (Fsp3) is 0.289. The highest BCUT2D eigenvalue weighted by atomic mass is 32.1. The van der Waals surface area contributed by atoms with Gasteiger partial charge in [0.15, 0.2) is 5.75 Å². The van der Waals surface area contributed by atoms with E-state index in [1.54, 1.807) is 13.8 Å². The molecule has 1 saturated heterocycles. The summed E-state index contributed by atoms with van der Waals surface area (Å²) in [5.74, 6) is 2.01. The molecule has 6 rings (SSSR count). The third kappa shape index (κ3) is 7.55. The van der Waals surface area contributed by atoms with Crippen LogP contribution in [0, 0.1) is 19.7 Å². The molecule has 0 amide bonds. The van der Waals surface area contributed by atoms with Crippen molar-refractivity contribution < 1.29 is 23.4 Å². The quantitative estimate of drug-likeness (QED) is 0.137. The minimum absolute atomic E-state index is 0.193. The van der Waals surface area contributed by atoms with E-state index in [0.717, 1.165) is 41.0 Å². The maximum atomic E-state index is 14.1. The van der Waals surface area contributed by atoms with Crippen molar-refractivity contribution in [2.24, 2.45) is 0 Å². The molecule has 1 aliphatic heterocycles. The normalized spacial score (nSPS) is 13.8. The van der Waals surface area contributed by atoms with Gasteiger partial charge < -0.3 is 14.2 Å². The lowest BCUT2D eigenvalue weighted by molar-refractivity contribution is 0.103. The van der Waals surface area contributed by atoms with Gasteiger partial charge in [-0.25, -0.2) is 4.39 Å². The Kier molecular flexibility index (Phi) is 9.77. The van der Waals surface area contributed by atoms with Crippen LogP contribution in [0.15, 0.2) is 84.9 Å². The van der Waals surface area contributed by atoms with Gasteiger partial charge in [-0.1, -0.05) is 43.2 Å². The molecular weight excluding hydrogens is 585 g/mol. The van der Waals surface area contributed by atoms with E-state index in [2.05, 4.69) is 4.90 Å². The number of ketones is 1. The van der Waals surface area contributed by atoms with Gasteiger partial charge >= 0.3 is 0 Å². The first-order chi connectivity index (χ1) is 21.9. The van der Waals surface area contributed by atoms with Crippen LogP contribution in [0.3, 0.4) is 0 Å². The van der Waals surface area contributed by atoms with Crippen LogP contribution in [-0.2, 0) is 6.61 Å². The lowest BCUT2D eigenvalue weighted by atomic mass is 9.97. The molecule has 7 heteroatoms. The molecule has 1 aromatic heterocycles. The third-order valence-corrected chi connectivity index (χ3v) is 9.35. The summed E-state index contributed by atoms with van der Waals surface area (Å²) in [5, 5.41) is 0.811. The van der Waals surface area contributed by atoms with Gasteiger partial charge in [-0.15, -0.1) is 11.3 Å². The van der Waals surface area contributed by atoms with E-state index in [4.69, 9.17) is 14.2 Å². The molecule has 0 saturated carbocycles. The highest BCUT2D eigenvalue weighted by Gasteiger charge is 2.25. The van der Waals surface area contributed by atoms with E-state index in [-0.39, 0.29) is 11.6 Å². The molecule has 0 bridgehead atoms. The summed E-state index contributed by atoms with van der Waals surface area (Å²) < 4.78 is 33.5. The summed E-state index contributed by atoms with van der Waals surface area (Å²) >= 11 is 1.36. The summed E-state index contributed by atoms with van der Waals surface area (Å²) in [7, 11) is 0. The number of rotatable bonds is 11. The van der Waals surface area contributed by atoms with Crippen LogP contribution in [0.25, 0.3) is 10.1 Å². The highest BCUT2D eigenvalue weighted by Crippen LogP contribution is 2.43. The SMILES string of the molecule is Cc1cc(F)cc(C)c1C(=O)c1sc2cc(OCc3ccccc3)ccc2c1Oc1ccc(OCCN2CCCCCC2)cc1. The van der Waals surface area contributed by atoms with Crippen molar-refractivity contribution in [1.29, 1.82) is 0 Å². The number of fused-ring (bicyclic) bond motifs is 1. The molecule has 4 aromatic carbocycles. The second kappa shape index (κ2) is 14.3. The molecule has 232 valence electrons. The Balaban J connectivity index is 1.25. The molecule has 1 aliphatic rings. The first-order valence-corrected chi connectivity index (χ1v) is 16.4. The summed E-state index contributed by atoms with van der Waals surface area (Å²) in [6.45, 7) is 7.81. The smallest absolute Gasteiger partial charge is 0.207 e. The predicted octanol–water partition coefficient (Wildman–Crippen LogP) is 9.51. The Morgan fingerprint density at radius 1 is 0.800 bits per heavy atom. The largest absolute Gasteiger partial charge is 0.492 e. The molecule has 0 radical (unpaired) electrons. The highest BCUT2D eigenvalue weighted by molar-refractivity contribution is 7.21. The lowest BCUT2D eigenvalue weighted by Gasteiger charge is -2.19.